The third kappa shape index (κ3) is 3.98. The Morgan fingerprint density at radius 1 is 1.35 bits per heavy atom. The SMILES string of the molecule is [2H][C@@](O)(/C=C\C)c1cc(C)c(-c2cc3cnc(NC(=O)[C@H]4C[C@H]4F)cc3n(C)c2=O)cn1. The van der Waals surface area contributed by atoms with Gasteiger partial charge in [-0.05, 0) is 38.0 Å². The van der Waals surface area contributed by atoms with Crippen molar-refractivity contribution < 1.29 is 15.7 Å². The zero-order valence-corrected chi connectivity index (χ0v) is 17.4. The van der Waals surface area contributed by atoms with Crippen molar-refractivity contribution in [3.8, 4) is 11.1 Å². The monoisotopic (exact) mass is 423 g/mol. The molecule has 0 aromatic carbocycles. The van der Waals surface area contributed by atoms with Crippen molar-refractivity contribution in [1.29, 1.82) is 0 Å². The van der Waals surface area contributed by atoms with E-state index in [1.807, 2.05) is 0 Å². The topological polar surface area (TPSA) is 97.1 Å². The van der Waals surface area contributed by atoms with Crippen LogP contribution in [0.5, 0.6) is 0 Å². The zero-order chi connectivity index (χ0) is 23.2. The summed E-state index contributed by atoms with van der Waals surface area (Å²) in [6.07, 6.45) is 3.07. The summed E-state index contributed by atoms with van der Waals surface area (Å²) < 4.78 is 22.6. The number of halogens is 1. The number of amides is 1. The Hall–Kier alpha value is -3.39. The van der Waals surface area contributed by atoms with E-state index in [-0.39, 0.29) is 23.5 Å². The van der Waals surface area contributed by atoms with Gasteiger partial charge in [0, 0.05) is 42.0 Å². The minimum atomic E-state index is -1.96. The van der Waals surface area contributed by atoms with Crippen LogP contribution in [0.3, 0.4) is 0 Å². The van der Waals surface area contributed by atoms with E-state index in [9.17, 15) is 19.1 Å². The van der Waals surface area contributed by atoms with Gasteiger partial charge >= 0.3 is 0 Å². The normalized spacial score (nSPS) is 20.5. The molecule has 3 aromatic heterocycles. The molecule has 3 heterocycles. The lowest BCUT2D eigenvalue weighted by molar-refractivity contribution is -0.117. The highest BCUT2D eigenvalue weighted by Crippen LogP contribution is 2.34. The fourth-order valence-corrected chi connectivity index (χ4v) is 3.50. The van der Waals surface area contributed by atoms with Crippen molar-refractivity contribution in [2.24, 2.45) is 13.0 Å². The first-order valence-corrected chi connectivity index (χ1v) is 9.91. The summed E-state index contributed by atoms with van der Waals surface area (Å²) in [5.41, 5.74) is 2.10. The van der Waals surface area contributed by atoms with Gasteiger partial charge in [0.15, 0.2) is 0 Å². The number of pyridine rings is 3. The fraction of sp³-hybridized carbons (Fsp3) is 0.304. The van der Waals surface area contributed by atoms with Crippen molar-refractivity contribution >= 4 is 22.6 Å². The number of hydrogen-bond donors (Lipinski definition) is 2. The number of rotatable bonds is 5. The summed E-state index contributed by atoms with van der Waals surface area (Å²) >= 11 is 0. The van der Waals surface area contributed by atoms with Gasteiger partial charge in [0.1, 0.15) is 18.1 Å². The van der Waals surface area contributed by atoms with Gasteiger partial charge in [-0.2, -0.15) is 0 Å². The molecule has 160 valence electrons. The number of anilines is 1. The molecule has 4 rings (SSSR count). The molecule has 1 aliphatic rings. The number of hydrogen-bond acceptors (Lipinski definition) is 5. The van der Waals surface area contributed by atoms with Crippen LogP contribution in [-0.2, 0) is 11.8 Å². The first-order chi connectivity index (χ1) is 15.1. The van der Waals surface area contributed by atoms with Crippen LogP contribution in [0.1, 0.15) is 32.1 Å². The molecule has 0 bridgehead atoms. The molecule has 0 saturated heterocycles. The number of aryl methyl sites for hydroxylation is 2. The Morgan fingerprint density at radius 3 is 2.74 bits per heavy atom. The van der Waals surface area contributed by atoms with Gasteiger partial charge in [0.05, 0.1) is 18.5 Å². The van der Waals surface area contributed by atoms with Gasteiger partial charge in [-0.1, -0.05) is 12.2 Å². The summed E-state index contributed by atoms with van der Waals surface area (Å²) in [5, 5.41) is 13.5. The number of alkyl halides is 1. The summed E-state index contributed by atoms with van der Waals surface area (Å²) in [4.78, 5) is 33.5. The highest BCUT2D eigenvalue weighted by atomic mass is 19.1. The summed E-state index contributed by atoms with van der Waals surface area (Å²) in [6, 6.07) is 4.86. The Balaban J connectivity index is 1.73. The van der Waals surface area contributed by atoms with E-state index in [4.69, 9.17) is 1.37 Å². The van der Waals surface area contributed by atoms with Crippen molar-refractivity contribution in [2.75, 3.05) is 5.32 Å². The maximum absolute atomic E-state index is 13.1. The van der Waals surface area contributed by atoms with Gasteiger partial charge in [0.25, 0.3) is 5.56 Å². The second-order valence-electron chi connectivity index (χ2n) is 7.67. The fourth-order valence-electron chi connectivity index (χ4n) is 3.50. The smallest absolute Gasteiger partial charge is 0.258 e. The largest absolute Gasteiger partial charge is 0.383 e. The average Bonchev–Trinajstić information content (AvgIpc) is 3.48. The minimum Gasteiger partial charge on any atom is -0.383 e. The molecule has 7 nitrogen and oxygen atoms in total. The van der Waals surface area contributed by atoms with E-state index < -0.39 is 24.1 Å². The van der Waals surface area contributed by atoms with Crippen LogP contribution in [0.2, 0.25) is 0 Å². The first-order valence-electron chi connectivity index (χ1n) is 10.4. The summed E-state index contributed by atoms with van der Waals surface area (Å²) in [7, 11) is 1.62. The molecule has 0 spiro atoms. The molecule has 1 amide bonds. The number of nitrogens with zero attached hydrogens (tertiary/aromatic N) is 3. The van der Waals surface area contributed by atoms with Crippen LogP contribution >= 0.6 is 0 Å². The number of allylic oxidation sites excluding steroid dienone is 1. The van der Waals surface area contributed by atoms with Gasteiger partial charge in [-0.3, -0.25) is 14.6 Å². The molecule has 1 aliphatic carbocycles. The van der Waals surface area contributed by atoms with Gasteiger partial charge in [0.2, 0.25) is 5.91 Å². The number of fused-ring (bicyclic) bond motifs is 1. The molecular formula is C23H23FN4O3. The minimum absolute atomic E-state index is 0.155. The lowest BCUT2D eigenvalue weighted by Crippen LogP contribution is -2.20. The van der Waals surface area contributed by atoms with Crippen LogP contribution in [0, 0.1) is 12.8 Å². The highest BCUT2D eigenvalue weighted by Gasteiger charge is 2.43. The van der Waals surface area contributed by atoms with Crippen molar-refractivity contribution in [3.63, 3.8) is 0 Å². The number of carbonyl (C=O) groups excluding carboxylic acids is 1. The quantitative estimate of drug-likeness (QED) is 0.614. The average molecular weight is 423 g/mol. The molecule has 3 atom stereocenters. The molecule has 1 fully saturated rings. The van der Waals surface area contributed by atoms with E-state index >= 15 is 0 Å². The van der Waals surface area contributed by atoms with Crippen molar-refractivity contribution in [1.82, 2.24) is 14.5 Å². The Labute approximate surface area is 179 Å². The molecule has 1 saturated carbocycles. The number of aliphatic hydroxyl groups is 1. The van der Waals surface area contributed by atoms with Crippen LogP contribution in [0.15, 0.2) is 47.5 Å². The van der Waals surface area contributed by atoms with E-state index in [0.717, 1.165) is 0 Å². The summed E-state index contributed by atoms with van der Waals surface area (Å²) in [6.45, 7) is 3.48. The van der Waals surface area contributed by atoms with E-state index in [2.05, 4.69) is 15.3 Å². The Morgan fingerprint density at radius 2 is 2.10 bits per heavy atom. The predicted octanol–water partition coefficient (Wildman–Crippen LogP) is 3.21. The van der Waals surface area contributed by atoms with Gasteiger partial charge < -0.3 is 15.0 Å². The maximum Gasteiger partial charge on any atom is 0.258 e. The second-order valence-corrected chi connectivity index (χ2v) is 7.67. The van der Waals surface area contributed by atoms with Crippen molar-refractivity contribution in [3.05, 3.63) is 64.4 Å². The lowest BCUT2D eigenvalue weighted by atomic mass is 10.0. The Bertz CT molecular complexity index is 1320. The van der Waals surface area contributed by atoms with E-state index in [1.54, 1.807) is 51.4 Å². The van der Waals surface area contributed by atoms with Gasteiger partial charge in [-0.15, -0.1) is 0 Å². The third-order valence-electron chi connectivity index (χ3n) is 5.40. The molecular weight excluding hydrogens is 399 g/mol. The molecule has 0 aliphatic heterocycles. The van der Waals surface area contributed by atoms with E-state index in [1.165, 1.54) is 16.8 Å². The van der Waals surface area contributed by atoms with Crippen molar-refractivity contribution in [2.45, 2.75) is 32.5 Å². The maximum atomic E-state index is 13.1. The highest BCUT2D eigenvalue weighted by molar-refractivity contribution is 5.95. The van der Waals surface area contributed by atoms with Gasteiger partial charge in [-0.25, -0.2) is 9.37 Å². The number of carbonyl (C=O) groups is 1. The standard InChI is InChI=1S/C23H23FN4O3/c1-4-5-20(29)18-6-12(2)16(11-25-18)14-7-13-10-26-21(9-19(13)28(3)23(14)31)27-22(30)15-8-17(15)24/h4-7,9-11,15,17,20,29H,8H2,1-3H3,(H,26,27,30)/b5-4-/t15-,17+,20+/m0/s1/i20D. The molecule has 0 unspecified atom stereocenters. The molecule has 31 heavy (non-hydrogen) atoms. The zero-order valence-electron chi connectivity index (χ0n) is 18.4. The third-order valence-corrected chi connectivity index (χ3v) is 5.40. The predicted molar refractivity (Wildman–Crippen MR) is 116 cm³/mol. The van der Waals surface area contributed by atoms with Crippen LogP contribution < -0.4 is 10.9 Å². The number of aromatic nitrogens is 3. The molecule has 8 heteroatoms. The molecule has 2 N–H and O–H groups in total. The summed E-state index contributed by atoms with van der Waals surface area (Å²) in [5.74, 6) is -0.795. The number of nitrogens with one attached hydrogen (secondary N) is 1. The first kappa shape index (κ1) is 19.6. The van der Waals surface area contributed by atoms with Crippen LogP contribution in [-0.4, -0.2) is 31.7 Å². The second kappa shape index (κ2) is 8.03. The lowest BCUT2D eigenvalue weighted by Gasteiger charge is -2.13. The van der Waals surface area contributed by atoms with Crippen LogP contribution in [0.4, 0.5) is 10.2 Å². The Kier molecular flexibility index (Phi) is 5.07. The van der Waals surface area contributed by atoms with Crippen LogP contribution in [0.25, 0.3) is 22.0 Å². The molecule has 0 radical (unpaired) electrons. The molecule has 3 aromatic rings. The van der Waals surface area contributed by atoms with E-state index in [0.29, 0.717) is 27.6 Å².